The van der Waals surface area contributed by atoms with Gasteiger partial charge in [0.15, 0.2) is 0 Å². The van der Waals surface area contributed by atoms with Crippen molar-refractivity contribution in [2.75, 3.05) is 6.61 Å². The van der Waals surface area contributed by atoms with Gasteiger partial charge in [-0.25, -0.2) is 0 Å². The lowest BCUT2D eigenvalue weighted by Crippen LogP contribution is -1.96. The number of aryl methyl sites for hydroxylation is 1. The minimum Gasteiger partial charge on any atom is -0.508 e. The van der Waals surface area contributed by atoms with Crippen molar-refractivity contribution in [1.82, 2.24) is 0 Å². The highest BCUT2D eigenvalue weighted by atomic mass is 127. The summed E-state index contributed by atoms with van der Waals surface area (Å²) in [5.41, 5.74) is 3.61. The number of halogens is 1. The van der Waals surface area contributed by atoms with E-state index in [1.54, 1.807) is 6.07 Å². The second-order valence-corrected chi connectivity index (χ2v) is 8.61. The number of unbranched alkanes of at least 4 members (excludes halogenated alkanes) is 1. The fraction of sp³-hybridized carbons (Fsp3) is 0.368. The molecule has 0 aromatic heterocycles. The fourth-order valence-electron chi connectivity index (χ4n) is 2.48. The standard InChI is InChI=1S/C19H23IO2Si/c1-2-3-12-22-18-9-6-15(7-10-18)19-11-8-17(21)14-16(19)5-4-13-23-20/h6-11,14,21H,2-5,12-13H2,1H3. The van der Waals surface area contributed by atoms with Crippen molar-refractivity contribution in [2.45, 2.75) is 38.7 Å². The Morgan fingerprint density at radius 1 is 1.09 bits per heavy atom. The van der Waals surface area contributed by atoms with Gasteiger partial charge in [0.25, 0.3) is 0 Å². The summed E-state index contributed by atoms with van der Waals surface area (Å²) in [5.74, 6) is 1.27. The average molecular weight is 438 g/mol. The molecule has 0 aliphatic heterocycles. The molecule has 0 aliphatic rings. The molecule has 2 nitrogen and oxygen atoms in total. The van der Waals surface area contributed by atoms with Crippen LogP contribution in [0.3, 0.4) is 0 Å². The van der Waals surface area contributed by atoms with Crippen LogP contribution in [0.4, 0.5) is 0 Å². The third kappa shape index (κ3) is 5.84. The maximum atomic E-state index is 9.79. The Morgan fingerprint density at radius 2 is 1.87 bits per heavy atom. The fourth-order valence-corrected chi connectivity index (χ4v) is 3.93. The SMILES string of the molecule is CCCCOc1ccc(-c2ccc(O)cc2CCC[Si]I)cc1. The van der Waals surface area contributed by atoms with Crippen molar-refractivity contribution < 1.29 is 9.84 Å². The Bertz CT molecular complexity index is 599. The van der Waals surface area contributed by atoms with E-state index >= 15 is 0 Å². The zero-order valence-corrected chi connectivity index (χ0v) is 16.7. The molecule has 0 heterocycles. The van der Waals surface area contributed by atoms with Crippen molar-refractivity contribution in [3.05, 3.63) is 48.0 Å². The Hall–Kier alpha value is -1.01. The second-order valence-electron chi connectivity index (χ2n) is 5.56. The van der Waals surface area contributed by atoms with Gasteiger partial charge < -0.3 is 9.84 Å². The zero-order valence-electron chi connectivity index (χ0n) is 13.5. The van der Waals surface area contributed by atoms with E-state index in [9.17, 15) is 5.11 Å². The molecule has 0 amide bonds. The Kier molecular flexibility index (Phi) is 7.95. The van der Waals surface area contributed by atoms with Crippen molar-refractivity contribution in [2.24, 2.45) is 0 Å². The molecule has 4 heteroatoms. The van der Waals surface area contributed by atoms with Crippen LogP contribution in [0.25, 0.3) is 11.1 Å². The normalized spacial score (nSPS) is 10.7. The van der Waals surface area contributed by atoms with E-state index < -0.39 is 0 Å². The Morgan fingerprint density at radius 3 is 2.57 bits per heavy atom. The summed E-state index contributed by atoms with van der Waals surface area (Å²) in [5, 5.41) is 9.79. The maximum absolute atomic E-state index is 9.79. The summed E-state index contributed by atoms with van der Waals surface area (Å²) in [7, 11) is 0.959. The quantitative estimate of drug-likeness (QED) is 0.238. The van der Waals surface area contributed by atoms with Crippen LogP contribution in [-0.2, 0) is 6.42 Å². The van der Waals surface area contributed by atoms with Gasteiger partial charge in [0.05, 0.1) is 6.61 Å². The van der Waals surface area contributed by atoms with E-state index in [0.717, 1.165) is 45.1 Å². The van der Waals surface area contributed by atoms with Crippen LogP contribution in [0, 0.1) is 0 Å². The third-order valence-electron chi connectivity index (χ3n) is 3.74. The van der Waals surface area contributed by atoms with Gasteiger partial charge in [0, 0.05) is 0 Å². The molecule has 0 fully saturated rings. The van der Waals surface area contributed by atoms with Crippen LogP contribution >= 0.6 is 21.8 Å². The molecule has 2 aromatic carbocycles. The number of hydrogen-bond acceptors (Lipinski definition) is 2. The Labute approximate surface area is 154 Å². The lowest BCUT2D eigenvalue weighted by Gasteiger charge is -2.11. The van der Waals surface area contributed by atoms with E-state index in [1.807, 2.05) is 24.3 Å². The van der Waals surface area contributed by atoms with E-state index in [-0.39, 0.29) is 0 Å². The number of phenolic OH excluding ortho intramolecular Hbond substituents is 1. The molecule has 1 N–H and O–H groups in total. The molecule has 0 atom stereocenters. The largest absolute Gasteiger partial charge is 0.508 e. The number of rotatable bonds is 9. The molecule has 0 spiro atoms. The van der Waals surface area contributed by atoms with Crippen LogP contribution in [0.5, 0.6) is 11.5 Å². The number of benzene rings is 2. The van der Waals surface area contributed by atoms with Gasteiger partial charge in [-0.3, -0.25) is 0 Å². The molecule has 122 valence electrons. The number of ether oxygens (including phenoxy) is 1. The predicted molar refractivity (Wildman–Crippen MR) is 107 cm³/mol. The summed E-state index contributed by atoms with van der Waals surface area (Å²) >= 11 is 2.44. The molecule has 2 radical (unpaired) electrons. The number of aromatic hydroxyl groups is 1. The molecule has 0 saturated heterocycles. The zero-order chi connectivity index (χ0) is 16.5. The van der Waals surface area contributed by atoms with Gasteiger partial charge in [-0.1, -0.05) is 44.0 Å². The molecule has 0 aliphatic carbocycles. The minimum atomic E-state index is 0.347. The molecular formula is C19H23IO2Si. The molecule has 0 unspecified atom stereocenters. The van der Waals surface area contributed by atoms with Gasteiger partial charge in [-0.15, -0.1) is 21.8 Å². The topological polar surface area (TPSA) is 29.5 Å². The lowest BCUT2D eigenvalue weighted by atomic mass is 9.96. The molecular weight excluding hydrogens is 415 g/mol. The van der Waals surface area contributed by atoms with Crippen molar-refractivity contribution in [3.8, 4) is 22.6 Å². The molecule has 2 aromatic rings. The summed E-state index contributed by atoms with van der Waals surface area (Å²) in [4.78, 5) is 0. The van der Waals surface area contributed by atoms with Gasteiger partial charge >= 0.3 is 0 Å². The van der Waals surface area contributed by atoms with Gasteiger partial charge in [0.1, 0.15) is 18.5 Å². The predicted octanol–water partition coefficient (Wildman–Crippen LogP) is 5.64. The highest BCUT2D eigenvalue weighted by Gasteiger charge is 2.07. The first-order valence-corrected chi connectivity index (χ1v) is 12.5. The van der Waals surface area contributed by atoms with Crippen molar-refractivity contribution in [1.29, 1.82) is 0 Å². The van der Waals surface area contributed by atoms with E-state index in [0.29, 0.717) is 5.75 Å². The van der Waals surface area contributed by atoms with E-state index in [4.69, 9.17) is 4.74 Å². The van der Waals surface area contributed by atoms with E-state index in [1.165, 1.54) is 22.7 Å². The second kappa shape index (κ2) is 9.98. The van der Waals surface area contributed by atoms with Gasteiger partial charge in [-0.2, -0.15) is 0 Å². The first-order valence-electron chi connectivity index (χ1n) is 8.13. The van der Waals surface area contributed by atoms with Crippen LogP contribution in [0.2, 0.25) is 6.04 Å². The first kappa shape index (κ1) is 18.3. The van der Waals surface area contributed by atoms with Crippen molar-refractivity contribution >= 4 is 28.8 Å². The van der Waals surface area contributed by atoms with Gasteiger partial charge in [0.2, 0.25) is 0 Å². The number of hydrogen-bond donors (Lipinski definition) is 1. The van der Waals surface area contributed by atoms with Crippen molar-refractivity contribution in [3.63, 3.8) is 0 Å². The third-order valence-corrected chi connectivity index (χ3v) is 5.90. The average Bonchev–Trinajstić information content (AvgIpc) is 2.56. The maximum Gasteiger partial charge on any atom is 0.130 e. The minimum absolute atomic E-state index is 0.347. The molecule has 0 bridgehead atoms. The smallest absolute Gasteiger partial charge is 0.130 e. The molecule has 23 heavy (non-hydrogen) atoms. The van der Waals surface area contributed by atoms with Crippen LogP contribution in [0.15, 0.2) is 42.5 Å². The summed E-state index contributed by atoms with van der Waals surface area (Å²) in [6.45, 7) is 2.94. The highest BCUT2D eigenvalue weighted by Crippen LogP contribution is 2.29. The summed E-state index contributed by atoms with van der Waals surface area (Å²) in [6.07, 6.45) is 4.40. The Balaban J connectivity index is 2.13. The van der Waals surface area contributed by atoms with Crippen LogP contribution in [-0.4, -0.2) is 18.7 Å². The molecule has 0 saturated carbocycles. The number of phenols is 1. The van der Waals surface area contributed by atoms with Crippen LogP contribution < -0.4 is 4.74 Å². The van der Waals surface area contributed by atoms with E-state index in [2.05, 4.69) is 40.9 Å². The first-order chi connectivity index (χ1) is 11.2. The monoisotopic (exact) mass is 438 g/mol. The van der Waals surface area contributed by atoms with Crippen LogP contribution in [0.1, 0.15) is 31.7 Å². The lowest BCUT2D eigenvalue weighted by molar-refractivity contribution is 0.309. The highest BCUT2D eigenvalue weighted by molar-refractivity contribution is 14.1. The summed E-state index contributed by atoms with van der Waals surface area (Å²) in [6, 6.07) is 15.2. The summed E-state index contributed by atoms with van der Waals surface area (Å²) < 4.78 is 5.73. The molecule has 2 rings (SSSR count). The van der Waals surface area contributed by atoms with Gasteiger partial charge in [-0.05, 0) is 53.8 Å².